The molecule has 0 N–H and O–H groups in total. The van der Waals surface area contributed by atoms with Crippen molar-refractivity contribution in [1.29, 1.82) is 0 Å². The Hall–Kier alpha value is -1.68. The third kappa shape index (κ3) is 5.70. The molecule has 1 aromatic heterocycles. The minimum absolute atomic E-state index is 0. The summed E-state index contributed by atoms with van der Waals surface area (Å²) >= 11 is 0. The minimum atomic E-state index is 0. The Kier molecular flexibility index (Phi) is 9.55. The van der Waals surface area contributed by atoms with Crippen LogP contribution in [-0.4, -0.2) is 42.2 Å². The van der Waals surface area contributed by atoms with Crippen LogP contribution < -0.4 is 4.90 Å². The standard InChI is InChI=1S/C28H37N3.2ClH/c1-23-11-6-8-14-26(23)30-21-19-29(20-22-30)17-10-18-31-27-15-5-3-2-4-12-24(27)25-13-7-9-16-28(25)31;;/h6-9,11,13-14,16H,2-5,10,12,15,17-22H2,1H3;2*1H. The second-order valence-electron chi connectivity index (χ2n) is 9.48. The van der Waals surface area contributed by atoms with Gasteiger partial charge in [0.2, 0.25) is 0 Å². The number of nitrogens with zero attached hydrogens (tertiary/aromatic N) is 3. The van der Waals surface area contributed by atoms with Crippen molar-refractivity contribution < 1.29 is 0 Å². The summed E-state index contributed by atoms with van der Waals surface area (Å²) in [5.74, 6) is 0. The lowest BCUT2D eigenvalue weighted by Gasteiger charge is -2.36. The molecule has 5 heteroatoms. The van der Waals surface area contributed by atoms with Gasteiger partial charge in [-0.25, -0.2) is 0 Å². The fraction of sp³-hybridized carbons (Fsp3) is 0.500. The van der Waals surface area contributed by atoms with Crippen molar-refractivity contribution in [2.75, 3.05) is 37.6 Å². The Morgan fingerprint density at radius 2 is 1.42 bits per heavy atom. The van der Waals surface area contributed by atoms with Gasteiger partial charge in [-0.2, -0.15) is 0 Å². The van der Waals surface area contributed by atoms with Crippen molar-refractivity contribution >= 4 is 41.4 Å². The van der Waals surface area contributed by atoms with E-state index in [4.69, 9.17) is 0 Å². The summed E-state index contributed by atoms with van der Waals surface area (Å²) in [6.07, 6.45) is 9.27. The van der Waals surface area contributed by atoms with Crippen LogP contribution in [-0.2, 0) is 19.4 Å². The molecule has 5 rings (SSSR count). The van der Waals surface area contributed by atoms with Gasteiger partial charge in [0.1, 0.15) is 0 Å². The summed E-state index contributed by atoms with van der Waals surface area (Å²) in [5.41, 5.74) is 7.58. The first kappa shape index (κ1) is 25.9. The smallest absolute Gasteiger partial charge is 0.0485 e. The van der Waals surface area contributed by atoms with Crippen molar-refractivity contribution in [3.8, 4) is 0 Å². The van der Waals surface area contributed by atoms with Gasteiger partial charge in [0.15, 0.2) is 0 Å². The van der Waals surface area contributed by atoms with Crippen LogP contribution in [0, 0.1) is 6.92 Å². The van der Waals surface area contributed by atoms with Gasteiger partial charge in [-0.1, -0.05) is 49.2 Å². The lowest BCUT2D eigenvalue weighted by molar-refractivity contribution is 0.250. The van der Waals surface area contributed by atoms with Crippen LogP contribution in [0.15, 0.2) is 48.5 Å². The molecular formula is C28H39Cl2N3. The zero-order chi connectivity index (χ0) is 21.0. The molecule has 1 aliphatic heterocycles. The maximum absolute atomic E-state index is 2.68. The number of aromatic nitrogens is 1. The fourth-order valence-corrected chi connectivity index (χ4v) is 5.78. The average molecular weight is 489 g/mol. The zero-order valence-electron chi connectivity index (χ0n) is 20.0. The largest absolute Gasteiger partial charge is 0.369 e. The summed E-state index contributed by atoms with van der Waals surface area (Å²) in [6.45, 7) is 9.25. The third-order valence-electron chi connectivity index (χ3n) is 7.47. The van der Waals surface area contributed by atoms with Gasteiger partial charge in [0.25, 0.3) is 0 Å². The Bertz CT molecular complexity index is 1020. The molecule has 2 heterocycles. The van der Waals surface area contributed by atoms with E-state index in [1.807, 2.05) is 0 Å². The summed E-state index contributed by atoms with van der Waals surface area (Å²) < 4.78 is 2.68. The van der Waals surface area contributed by atoms with Crippen LogP contribution >= 0.6 is 24.8 Å². The summed E-state index contributed by atoms with van der Waals surface area (Å²) in [7, 11) is 0. The number of piperazine rings is 1. The molecule has 0 saturated carbocycles. The molecule has 0 spiro atoms. The SMILES string of the molecule is Cc1ccccc1N1CCN(CCCn2c3c(c4ccccc42)CCCCCC3)CC1.Cl.Cl. The Morgan fingerprint density at radius 1 is 0.727 bits per heavy atom. The molecule has 2 aliphatic rings. The van der Waals surface area contributed by atoms with Crippen molar-refractivity contribution in [3.63, 3.8) is 0 Å². The first-order valence-corrected chi connectivity index (χ1v) is 12.4. The Balaban J connectivity index is 0.00000153. The number of benzene rings is 2. The highest BCUT2D eigenvalue weighted by Crippen LogP contribution is 2.31. The molecule has 180 valence electrons. The van der Waals surface area contributed by atoms with E-state index >= 15 is 0 Å². The number of anilines is 1. The highest BCUT2D eigenvalue weighted by molar-refractivity contribution is 5.86. The predicted molar refractivity (Wildman–Crippen MR) is 147 cm³/mol. The monoisotopic (exact) mass is 487 g/mol. The van der Waals surface area contributed by atoms with Crippen LogP contribution in [0.25, 0.3) is 10.9 Å². The lowest BCUT2D eigenvalue weighted by atomic mass is 9.97. The molecule has 0 bridgehead atoms. The van der Waals surface area contributed by atoms with Crippen molar-refractivity contribution in [3.05, 3.63) is 65.4 Å². The normalized spacial score (nSPS) is 16.9. The number of rotatable bonds is 5. The highest BCUT2D eigenvalue weighted by Gasteiger charge is 2.20. The Labute approximate surface area is 212 Å². The van der Waals surface area contributed by atoms with Crippen molar-refractivity contribution in [2.45, 2.75) is 58.4 Å². The van der Waals surface area contributed by atoms with E-state index in [9.17, 15) is 0 Å². The maximum atomic E-state index is 2.68. The van der Waals surface area contributed by atoms with Gasteiger partial charge in [0, 0.05) is 55.0 Å². The molecule has 33 heavy (non-hydrogen) atoms. The molecule has 0 amide bonds. The second-order valence-corrected chi connectivity index (χ2v) is 9.48. The number of halogens is 2. The number of aryl methyl sites for hydroxylation is 3. The van der Waals surface area contributed by atoms with Gasteiger partial charge in [-0.3, -0.25) is 4.90 Å². The number of para-hydroxylation sites is 2. The molecule has 0 radical (unpaired) electrons. The fourth-order valence-electron chi connectivity index (χ4n) is 5.78. The molecule has 3 nitrogen and oxygen atoms in total. The molecule has 1 fully saturated rings. The second kappa shape index (κ2) is 12.1. The van der Waals surface area contributed by atoms with Crippen LogP contribution in [0.1, 0.15) is 48.9 Å². The molecule has 1 saturated heterocycles. The van der Waals surface area contributed by atoms with Gasteiger partial charge in [0.05, 0.1) is 0 Å². The first-order valence-electron chi connectivity index (χ1n) is 12.4. The molecule has 0 unspecified atom stereocenters. The van der Waals surface area contributed by atoms with Crippen molar-refractivity contribution in [2.24, 2.45) is 0 Å². The molecule has 3 aromatic rings. The number of hydrogen-bond donors (Lipinski definition) is 0. The van der Waals surface area contributed by atoms with E-state index in [2.05, 4.69) is 69.8 Å². The van der Waals surface area contributed by atoms with Crippen LogP contribution in [0.5, 0.6) is 0 Å². The summed E-state index contributed by atoms with van der Waals surface area (Å²) in [4.78, 5) is 5.23. The summed E-state index contributed by atoms with van der Waals surface area (Å²) in [5, 5.41) is 1.52. The van der Waals surface area contributed by atoms with Crippen LogP contribution in [0.4, 0.5) is 5.69 Å². The van der Waals surface area contributed by atoms with Gasteiger partial charge in [-0.05, 0) is 68.8 Å². The molecular weight excluding hydrogens is 449 g/mol. The Morgan fingerprint density at radius 3 is 2.21 bits per heavy atom. The van der Waals surface area contributed by atoms with E-state index in [0.717, 1.165) is 19.6 Å². The van der Waals surface area contributed by atoms with Crippen molar-refractivity contribution in [1.82, 2.24) is 9.47 Å². The minimum Gasteiger partial charge on any atom is -0.369 e. The quantitative estimate of drug-likeness (QED) is 0.398. The first-order chi connectivity index (χ1) is 15.3. The average Bonchev–Trinajstić information content (AvgIpc) is 3.06. The summed E-state index contributed by atoms with van der Waals surface area (Å²) in [6, 6.07) is 18.0. The van der Waals surface area contributed by atoms with E-state index in [0.29, 0.717) is 0 Å². The van der Waals surface area contributed by atoms with Gasteiger partial charge >= 0.3 is 0 Å². The third-order valence-corrected chi connectivity index (χ3v) is 7.47. The topological polar surface area (TPSA) is 11.4 Å². The van der Waals surface area contributed by atoms with E-state index in [1.165, 1.54) is 86.7 Å². The molecule has 0 atom stereocenters. The number of hydrogen-bond acceptors (Lipinski definition) is 2. The van der Waals surface area contributed by atoms with Gasteiger partial charge in [-0.15, -0.1) is 24.8 Å². The lowest BCUT2D eigenvalue weighted by Crippen LogP contribution is -2.47. The number of fused-ring (bicyclic) bond motifs is 3. The van der Waals surface area contributed by atoms with E-state index in [-0.39, 0.29) is 24.8 Å². The molecule has 2 aromatic carbocycles. The van der Waals surface area contributed by atoms with Gasteiger partial charge < -0.3 is 9.47 Å². The van der Waals surface area contributed by atoms with Crippen LogP contribution in [0.3, 0.4) is 0 Å². The van der Waals surface area contributed by atoms with Crippen LogP contribution in [0.2, 0.25) is 0 Å². The maximum Gasteiger partial charge on any atom is 0.0485 e. The molecule has 1 aliphatic carbocycles. The predicted octanol–water partition coefficient (Wildman–Crippen LogP) is 6.66. The van der Waals surface area contributed by atoms with E-state index < -0.39 is 0 Å². The van der Waals surface area contributed by atoms with E-state index in [1.54, 1.807) is 11.3 Å². The highest BCUT2D eigenvalue weighted by atomic mass is 35.5. The zero-order valence-corrected chi connectivity index (χ0v) is 21.6.